The van der Waals surface area contributed by atoms with Gasteiger partial charge in [-0.1, -0.05) is 34.5 Å². The summed E-state index contributed by atoms with van der Waals surface area (Å²) in [6.07, 6.45) is 1.86. The lowest BCUT2D eigenvalue weighted by Gasteiger charge is -2.17. The van der Waals surface area contributed by atoms with E-state index in [1.165, 1.54) is 25.1 Å². The molecule has 33 heavy (non-hydrogen) atoms. The number of benzene rings is 2. The predicted octanol–water partition coefficient (Wildman–Crippen LogP) is 4.60. The summed E-state index contributed by atoms with van der Waals surface area (Å²) >= 11 is 9.63. The molecule has 8 nitrogen and oxygen atoms in total. The average Bonchev–Trinajstić information content (AvgIpc) is 2.80. The van der Waals surface area contributed by atoms with E-state index in [9.17, 15) is 9.59 Å². The van der Waals surface area contributed by atoms with Crippen molar-refractivity contribution < 1.29 is 19.0 Å². The zero-order valence-electron chi connectivity index (χ0n) is 18.6. The molecule has 3 aromatic rings. The molecule has 0 bridgehead atoms. The second kappa shape index (κ2) is 10.8. The Labute approximate surface area is 204 Å². The monoisotopic (exact) mass is 535 g/mol. The van der Waals surface area contributed by atoms with E-state index < -0.39 is 12.1 Å². The lowest BCUT2D eigenvalue weighted by atomic mass is 10.2. The van der Waals surface area contributed by atoms with Crippen LogP contribution in [0.3, 0.4) is 0 Å². The summed E-state index contributed by atoms with van der Waals surface area (Å²) in [4.78, 5) is 29.7. The molecule has 0 spiro atoms. The minimum Gasteiger partial charge on any atom is -0.493 e. The number of rotatable bonds is 8. The van der Waals surface area contributed by atoms with E-state index in [-0.39, 0.29) is 11.3 Å². The molecule has 2 aromatic carbocycles. The number of carbonyl (C=O) groups is 1. The first-order valence-corrected chi connectivity index (χ1v) is 11.3. The summed E-state index contributed by atoms with van der Waals surface area (Å²) in [5, 5.41) is 5.21. The van der Waals surface area contributed by atoms with Crippen LogP contribution >= 0.6 is 27.5 Å². The Bertz CT molecular complexity index is 1280. The first-order valence-electron chi connectivity index (χ1n) is 10.2. The van der Waals surface area contributed by atoms with E-state index in [0.29, 0.717) is 39.5 Å². The first-order chi connectivity index (χ1) is 15.8. The third kappa shape index (κ3) is 5.54. The van der Waals surface area contributed by atoms with E-state index in [4.69, 9.17) is 25.8 Å². The van der Waals surface area contributed by atoms with Gasteiger partial charge in [-0.05, 0) is 37.6 Å². The molecule has 1 aromatic heterocycles. The molecule has 174 valence electrons. The lowest BCUT2D eigenvalue weighted by Crippen LogP contribution is -2.25. The summed E-state index contributed by atoms with van der Waals surface area (Å²) < 4.78 is 17.9. The number of hydrogen-bond donors (Lipinski definition) is 0. The Hall–Kier alpha value is -2.91. The van der Waals surface area contributed by atoms with Gasteiger partial charge in [0.2, 0.25) is 0 Å². The van der Waals surface area contributed by atoms with Gasteiger partial charge < -0.3 is 14.2 Å². The minimum absolute atomic E-state index is 0.241. The fraction of sp³-hybridized carbons (Fsp3) is 0.304. The maximum absolute atomic E-state index is 13.2. The summed E-state index contributed by atoms with van der Waals surface area (Å²) in [6, 6.07) is 8.49. The van der Waals surface area contributed by atoms with E-state index >= 15 is 0 Å². The molecule has 0 saturated carbocycles. The van der Waals surface area contributed by atoms with E-state index in [1.807, 2.05) is 13.0 Å². The van der Waals surface area contributed by atoms with Gasteiger partial charge in [-0.25, -0.2) is 9.78 Å². The normalized spacial score (nSPS) is 12.2. The molecule has 0 saturated heterocycles. The van der Waals surface area contributed by atoms with Gasteiger partial charge in [0.25, 0.3) is 5.56 Å². The maximum atomic E-state index is 13.2. The molecule has 3 rings (SSSR count). The van der Waals surface area contributed by atoms with Crippen molar-refractivity contribution >= 4 is 50.6 Å². The van der Waals surface area contributed by atoms with Crippen LogP contribution in [0.2, 0.25) is 5.02 Å². The van der Waals surface area contributed by atoms with Crippen LogP contribution in [0.25, 0.3) is 10.9 Å². The van der Waals surface area contributed by atoms with Gasteiger partial charge in [0, 0.05) is 27.5 Å². The van der Waals surface area contributed by atoms with Crippen molar-refractivity contribution in [2.75, 3.05) is 14.2 Å². The molecule has 0 radical (unpaired) electrons. The Morgan fingerprint density at radius 3 is 2.73 bits per heavy atom. The van der Waals surface area contributed by atoms with Crippen molar-refractivity contribution in [3.63, 3.8) is 0 Å². The number of fused-ring (bicyclic) bond motifs is 1. The molecule has 1 heterocycles. The van der Waals surface area contributed by atoms with E-state index in [0.717, 1.165) is 10.9 Å². The molecule has 0 unspecified atom stereocenters. The quantitative estimate of drug-likeness (QED) is 0.309. The van der Waals surface area contributed by atoms with Gasteiger partial charge in [-0.3, -0.25) is 4.79 Å². The number of ether oxygens (including phenoxy) is 3. The number of hydrogen-bond acceptors (Lipinski definition) is 7. The molecular formula is C23H23BrClN3O5. The summed E-state index contributed by atoms with van der Waals surface area (Å²) in [6.45, 7) is 3.55. The topological polar surface area (TPSA) is 92.0 Å². The number of nitrogens with zero attached hydrogens (tertiary/aromatic N) is 3. The zero-order valence-corrected chi connectivity index (χ0v) is 20.9. The number of methoxy groups -OCH3 is 2. The highest BCUT2D eigenvalue weighted by atomic mass is 79.9. The van der Waals surface area contributed by atoms with Crippen LogP contribution in [0.5, 0.6) is 11.5 Å². The van der Waals surface area contributed by atoms with Crippen molar-refractivity contribution in [1.29, 1.82) is 0 Å². The summed E-state index contributed by atoms with van der Waals surface area (Å²) in [5.41, 5.74) is 0.706. The zero-order chi connectivity index (χ0) is 24.1. The SMILES string of the molecule is CCCc1nc2ccc(Br)cc2c(=O)n1N=Cc1cc(Cl)cc(OC)c1O[C@H](C)C(=O)OC. The lowest BCUT2D eigenvalue weighted by molar-refractivity contribution is -0.147. The van der Waals surface area contributed by atoms with Crippen LogP contribution in [0.1, 0.15) is 31.7 Å². The average molecular weight is 537 g/mol. The number of aryl methyl sites for hydroxylation is 1. The second-order valence-electron chi connectivity index (χ2n) is 7.11. The highest BCUT2D eigenvalue weighted by molar-refractivity contribution is 9.10. The maximum Gasteiger partial charge on any atom is 0.346 e. The van der Waals surface area contributed by atoms with Gasteiger partial charge >= 0.3 is 5.97 Å². The Morgan fingerprint density at radius 2 is 2.06 bits per heavy atom. The van der Waals surface area contributed by atoms with Crippen molar-refractivity contribution in [3.8, 4) is 11.5 Å². The summed E-state index contributed by atoms with van der Waals surface area (Å²) in [7, 11) is 2.73. The minimum atomic E-state index is -0.907. The molecule has 1 atom stereocenters. The van der Waals surface area contributed by atoms with E-state index in [2.05, 4.69) is 26.0 Å². The first kappa shape index (κ1) is 24.7. The molecular weight excluding hydrogens is 514 g/mol. The van der Waals surface area contributed by atoms with Gasteiger partial charge in [-0.2, -0.15) is 9.78 Å². The third-order valence-corrected chi connectivity index (χ3v) is 5.47. The highest BCUT2D eigenvalue weighted by Crippen LogP contribution is 2.34. The molecule has 0 aliphatic rings. The molecule has 0 fully saturated rings. The Kier molecular flexibility index (Phi) is 8.10. The molecule has 0 aliphatic carbocycles. The molecule has 0 aliphatic heterocycles. The number of carbonyl (C=O) groups excluding carboxylic acids is 1. The number of aromatic nitrogens is 2. The molecule has 0 N–H and O–H groups in total. The van der Waals surface area contributed by atoms with Crippen LogP contribution in [0.4, 0.5) is 0 Å². The largest absolute Gasteiger partial charge is 0.493 e. The molecule has 10 heteroatoms. The van der Waals surface area contributed by atoms with E-state index in [1.54, 1.807) is 31.2 Å². The predicted molar refractivity (Wildman–Crippen MR) is 131 cm³/mol. The van der Waals surface area contributed by atoms with Crippen molar-refractivity contribution in [1.82, 2.24) is 9.66 Å². The van der Waals surface area contributed by atoms with Crippen molar-refractivity contribution in [2.24, 2.45) is 5.10 Å². The number of halogens is 2. The fourth-order valence-electron chi connectivity index (χ4n) is 3.17. The Morgan fingerprint density at radius 1 is 1.30 bits per heavy atom. The van der Waals surface area contributed by atoms with Gasteiger partial charge in [0.1, 0.15) is 5.82 Å². The van der Waals surface area contributed by atoms with Crippen LogP contribution in [-0.2, 0) is 16.0 Å². The number of esters is 1. The standard InChI is InChI=1S/C23H23BrClN3O5/c1-5-6-20-27-18-8-7-15(24)10-17(18)22(29)28(20)26-12-14-9-16(25)11-19(31-3)21(14)33-13(2)23(30)32-4/h7-13H,5-6H2,1-4H3/t13-/m1/s1. The fourth-order valence-corrected chi connectivity index (χ4v) is 3.75. The van der Waals surface area contributed by atoms with Crippen LogP contribution in [0, 0.1) is 0 Å². The van der Waals surface area contributed by atoms with Crippen LogP contribution in [0.15, 0.2) is 44.7 Å². The van der Waals surface area contributed by atoms with Crippen LogP contribution < -0.4 is 15.0 Å². The third-order valence-electron chi connectivity index (χ3n) is 4.76. The van der Waals surface area contributed by atoms with Gasteiger partial charge in [0.15, 0.2) is 17.6 Å². The Balaban J connectivity index is 2.15. The highest BCUT2D eigenvalue weighted by Gasteiger charge is 2.20. The van der Waals surface area contributed by atoms with Gasteiger partial charge in [-0.15, -0.1) is 0 Å². The molecule has 0 amide bonds. The van der Waals surface area contributed by atoms with Crippen LogP contribution in [-0.4, -0.2) is 42.2 Å². The smallest absolute Gasteiger partial charge is 0.346 e. The second-order valence-corrected chi connectivity index (χ2v) is 8.46. The van der Waals surface area contributed by atoms with Crippen molar-refractivity contribution in [3.05, 3.63) is 61.6 Å². The van der Waals surface area contributed by atoms with Crippen molar-refractivity contribution in [2.45, 2.75) is 32.8 Å². The van der Waals surface area contributed by atoms with Gasteiger partial charge in [0.05, 0.1) is 31.3 Å². The summed E-state index contributed by atoms with van der Waals surface area (Å²) in [5.74, 6) is 0.514.